The molecule has 1 aliphatic carbocycles. The van der Waals surface area contributed by atoms with E-state index in [-0.39, 0.29) is 44.0 Å². The number of carbonyl (C=O) groups is 4. The Morgan fingerprint density at radius 3 is 2.77 bits per heavy atom. The van der Waals surface area contributed by atoms with Crippen LogP contribution < -0.4 is 16.4 Å². The highest BCUT2D eigenvalue weighted by molar-refractivity contribution is 5.86. The molecule has 220 valence electrons. The topological polar surface area (TPSA) is 143 Å². The molecule has 40 heavy (non-hydrogen) atoms. The van der Waals surface area contributed by atoms with Gasteiger partial charge in [-0.3, -0.25) is 19.4 Å². The van der Waals surface area contributed by atoms with E-state index in [9.17, 15) is 19.2 Å². The molecular formula is C29H43N5O6. The summed E-state index contributed by atoms with van der Waals surface area (Å²) < 4.78 is 11.5. The number of nitrogens with zero attached hydrogens (tertiary/aromatic N) is 2. The Kier molecular flexibility index (Phi) is 9.55. The first kappa shape index (κ1) is 29.6. The zero-order chi connectivity index (χ0) is 28.9. The van der Waals surface area contributed by atoms with Crippen LogP contribution >= 0.6 is 0 Å². The molecule has 2 saturated heterocycles. The fourth-order valence-electron chi connectivity index (χ4n) is 6.03. The molecule has 4 atom stereocenters. The van der Waals surface area contributed by atoms with Crippen molar-refractivity contribution in [2.24, 2.45) is 11.1 Å². The highest BCUT2D eigenvalue weighted by Gasteiger charge is 2.40. The van der Waals surface area contributed by atoms with Crippen molar-refractivity contribution in [3.8, 4) is 0 Å². The Morgan fingerprint density at radius 2 is 2.02 bits per heavy atom. The molecule has 4 unspecified atom stereocenters. The van der Waals surface area contributed by atoms with Crippen LogP contribution in [0.25, 0.3) is 0 Å². The van der Waals surface area contributed by atoms with E-state index in [2.05, 4.69) is 37.1 Å². The Hall–Kier alpha value is -3.34. The molecule has 0 aromatic carbocycles. The van der Waals surface area contributed by atoms with Gasteiger partial charge in [-0.25, -0.2) is 9.59 Å². The molecule has 0 radical (unpaired) electrons. The molecule has 11 heteroatoms. The third-order valence-corrected chi connectivity index (χ3v) is 8.23. The van der Waals surface area contributed by atoms with Gasteiger partial charge in [0.25, 0.3) is 0 Å². The van der Waals surface area contributed by atoms with E-state index < -0.39 is 36.3 Å². The van der Waals surface area contributed by atoms with Gasteiger partial charge >= 0.3 is 12.2 Å². The summed E-state index contributed by atoms with van der Waals surface area (Å²) in [4.78, 5) is 53.7. The van der Waals surface area contributed by atoms with E-state index in [0.29, 0.717) is 13.1 Å². The summed E-state index contributed by atoms with van der Waals surface area (Å²) in [6.07, 6.45) is 7.98. The van der Waals surface area contributed by atoms with Crippen LogP contribution in [0.4, 0.5) is 9.59 Å². The largest absolute Gasteiger partial charge is 0.449 e. The van der Waals surface area contributed by atoms with Crippen molar-refractivity contribution in [2.45, 2.75) is 77.0 Å². The van der Waals surface area contributed by atoms with Crippen LogP contribution in [-0.4, -0.2) is 91.3 Å². The molecule has 3 aliphatic heterocycles. The van der Waals surface area contributed by atoms with Crippen molar-refractivity contribution in [1.82, 2.24) is 20.4 Å². The van der Waals surface area contributed by atoms with Crippen molar-refractivity contribution in [2.75, 3.05) is 39.3 Å². The smallest absolute Gasteiger partial charge is 0.410 e. The number of primary amides is 1. The van der Waals surface area contributed by atoms with Gasteiger partial charge in [0.1, 0.15) is 6.10 Å². The van der Waals surface area contributed by atoms with Crippen LogP contribution in [0.1, 0.15) is 58.8 Å². The molecular weight excluding hydrogens is 514 g/mol. The van der Waals surface area contributed by atoms with Crippen LogP contribution in [-0.2, 0) is 19.1 Å². The Balaban J connectivity index is 1.52. The highest BCUT2D eigenvalue weighted by Crippen LogP contribution is 2.35. The molecule has 4 rings (SSSR count). The molecule has 4 bridgehead atoms. The second kappa shape index (κ2) is 12.9. The summed E-state index contributed by atoms with van der Waals surface area (Å²) in [5.74, 6) is -0.925. The lowest BCUT2D eigenvalue weighted by Gasteiger charge is -2.29. The van der Waals surface area contributed by atoms with E-state index in [4.69, 9.17) is 15.2 Å². The minimum Gasteiger partial charge on any atom is -0.449 e. The molecule has 0 spiro atoms. The van der Waals surface area contributed by atoms with Gasteiger partial charge in [-0.2, -0.15) is 0 Å². The first-order valence-electron chi connectivity index (χ1n) is 14.3. The molecule has 2 fully saturated rings. The quantitative estimate of drug-likeness (QED) is 0.450. The average molecular weight is 558 g/mol. The van der Waals surface area contributed by atoms with Crippen molar-refractivity contribution >= 4 is 24.0 Å². The first-order chi connectivity index (χ1) is 19.0. The standard InChI is InChI=1S/C29H43N5O6/c1-4-25(35)31-13-21-15-33-16-22(12-24(33)26(30)36)40-28(38)34-14-20-10-7-9-19(23(20)17-34)8-5-6-11-29(2,3)18-39-27(37)32-21/h4,9,21-22,24H,1,5-8,10-18H2,2-3H3,(H2,30,36)(H,31,35)(H,32,37). The molecule has 0 aromatic rings. The Labute approximate surface area is 236 Å². The summed E-state index contributed by atoms with van der Waals surface area (Å²) in [5.41, 5.74) is 9.41. The van der Waals surface area contributed by atoms with E-state index in [1.54, 1.807) is 9.80 Å². The number of nitrogens with two attached hydrogens (primary N) is 1. The molecule has 4 N–H and O–H groups in total. The van der Waals surface area contributed by atoms with Gasteiger partial charge in [-0.05, 0) is 60.3 Å². The minimum absolute atomic E-state index is 0.0939. The van der Waals surface area contributed by atoms with Crippen LogP contribution in [0.3, 0.4) is 0 Å². The summed E-state index contributed by atoms with van der Waals surface area (Å²) in [6.45, 7) is 9.57. The number of cyclic esters (lactones) is 1. The van der Waals surface area contributed by atoms with Crippen molar-refractivity contribution in [3.05, 3.63) is 35.5 Å². The second-order valence-corrected chi connectivity index (χ2v) is 12.1. The number of rotatable bonds is 4. The van der Waals surface area contributed by atoms with E-state index in [0.717, 1.165) is 44.6 Å². The highest BCUT2D eigenvalue weighted by atomic mass is 16.6. The predicted octanol–water partition coefficient (Wildman–Crippen LogP) is 2.38. The minimum atomic E-state index is -0.680. The number of nitrogens with one attached hydrogen (secondary N) is 2. The van der Waals surface area contributed by atoms with Gasteiger partial charge in [0, 0.05) is 39.1 Å². The molecule has 0 aromatic heterocycles. The molecule has 0 saturated carbocycles. The fraction of sp³-hybridized carbons (Fsp3) is 0.655. The number of ether oxygens (including phenoxy) is 2. The number of allylic oxidation sites excluding steroid dienone is 1. The Morgan fingerprint density at radius 1 is 1.23 bits per heavy atom. The number of carbonyl (C=O) groups excluding carboxylic acids is 4. The fourth-order valence-corrected chi connectivity index (χ4v) is 6.03. The number of amides is 4. The summed E-state index contributed by atoms with van der Waals surface area (Å²) in [6, 6.07) is -1.26. The third kappa shape index (κ3) is 7.65. The first-order valence-corrected chi connectivity index (χ1v) is 14.3. The third-order valence-electron chi connectivity index (χ3n) is 8.23. The monoisotopic (exact) mass is 557 g/mol. The SMILES string of the molecule is C=CC(=O)NCC1CN2CC(CC2C(N)=O)OC(=O)N2CC3=C(C2)C(=CCC3)CCCCC(C)(C)COC(=O)N1. The Bertz CT molecular complexity index is 1080. The normalized spacial score (nSPS) is 29.4. The molecule has 4 amide bonds. The van der Waals surface area contributed by atoms with E-state index in [1.165, 1.54) is 16.7 Å². The molecule has 3 heterocycles. The summed E-state index contributed by atoms with van der Waals surface area (Å²) >= 11 is 0. The van der Waals surface area contributed by atoms with Crippen LogP contribution in [0.15, 0.2) is 35.5 Å². The lowest BCUT2D eigenvalue weighted by atomic mass is 9.86. The zero-order valence-electron chi connectivity index (χ0n) is 23.7. The summed E-state index contributed by atoms with van der Waals surface area (Å²) in [5, 5.41) is 5.52. The van der Waals surface area contributed by atoms with E-state index >= 15 is 0 Å². The zero-order valence-corrected chi connectivity index (χ0v) is 23.7. The molecule has 4 aliphatic rings. The van der Waals surface area contributed by atoms with Crippen molar-refractivity contribution in [3.63, 3.8) is 0 Å². The second-order valence-electron chi connectivity index (χ2n) is 12.1. The maximum absolute atomic E-state index is 13.2. The maximum Gasteiger partial charge on any atom is 0.410 e. The number of hydrogen-bond acceptors (Lipinski definition) is 7. The number of hydrogen-bond donors (Lipinski definition) is 3. The van der Waals surface area contributed by atoms with Gasteiger partial charge in [0.2, 0.25) is 11.8 Å². The van der Waals surface area contributed by atoms with Gasteiger partial charge in [-0.1, -0.05) is 32.9 Å². The maximum atomic E-state index is 13.2. The van der Waals surface area contributed by atoms with Gasteiger partial charge in [-0.15, -0.1) is 0 Å². The van der Waals surface area contributed by atoms with Crippen LogP contribution in [0.2, 0.25) is 0 Å². The predicted molar refractivity (Wildman–Crippen MR) is 149 cm³/mol. The van der Waals surface area contributed by atoms with Crippen LogP contribution in [0, 0.1) is 5.41 Å². The van der Waals surface area contributed by atoms with Gasteiger partial charge < -0.3 is 25.8 Å². The summed E-state index contributed by atoms with van der Waals surface area (Å²) in [7, 11) is 0. The van der Waals surface area contributed by atoms with Crippen LogP contribution in [0.5, 0.6) is 0 Å². The lowest BCUT2D eigenvalue weighted by molar-refractivity contribution is -0.122. The van der Waals surface area contributed by atoms with E-state index in [1.807, 2.05) is 0 Å². The number of alkyl carbamates (subject to hydrolysis) is 1. The lowest BCUT2D eigenvalue weighted by Crippen LogP contribution is -2.53. The van der Waals surface area contributed by atoms with Gasteiger partial charge in [0.15, 0.2) is 0 Å². The molecule has 11 nitrogen and oxygen atoms in total. The number of fused-ring (bicyclic) bond motifs is 3. The van der Waals surface area contributed by atoms with Crippen molar-refractivity contribution < 1.29 is 28.7 Å². The average Bonchev–Trinajstić information content (AvgIpc) is 3.52. The van der Waals surface area contributed by atoms with Crippen molar-refractivity contribution in [1.29, 1.82) is 0 Å². The van der Waals surface area contributed by atoms with Gasteiger partial charge in [0.05, 0.1) is 18.7 Å².